The van der Waals surface area contributed by atoms with Crippen LogP contribution in [0.2, 0.25) is 0 Å². The average molecular weight is 467 g/mol. The lowest BCUT2D eigenvalue weighted by molar-refractivity contribution is 0.0939. The first-order valence-corrected chi connectivity index (χ1v) is 12.5. The summed E-state index contributed by atoms with van der Waals surface area (Å²) < 4.78 is 37.3. The summed E-state index contributed by atoms with van der Waals surface area (Å²) in [6.07, 6.45) is 1.17. The van der Waals surface area contributed by atoms with Gasteiger partial charge in [-0.3, -0.25) is 9.10 Å². The van der Waals surface area contributed by atoms with Crippen molar-refractivity contribution in [1.82, 2.24) is 5.32 Å². The number of hydrogen-bond acceptors (Lipinski definition) is 5. The Morgan fingerprint density at radius 2 is 1.64 bits per heavy atom. The van der Waals surface area contributed by atoms with Crippen LogP contribution in [0.5, 0.6) is 11.5 Å². The van der Waals surface area contributed by atoms with Crippen LogP contribution in [0.1, 0.15) is 34.5 Å². The fourth-order valence-electron chi connectivity index (χ4n) is 3.62. The van der Waals surface area contributed by atoms with E-state index in [-0.39, 0.29) is 18.5 Å². The van der Waals surface area contributed by atoms with Crippen molar-refractivity contribution in [2.75, 3.05) is 23.8 Å². The van der Waals surface area contributed by atoms with E-state index in [9.17, 15) is 13.2 Å². The summed E-state index contributed by atoms with van der Waals surface area (Å²) >= 11 is 0. The molecule has 0 bridgehead atoms. The number of carbonyl (C=O) groups is 1. The zero-order valence-electron chi connectivity index (χ0n) is 18.5. The third kappa shape index (κ3) is 5.46. The minimum Gasteiger partial charge on any atom is -0.486 e. The lowest BCUT2D eigenvalue weighted by atomic mass is 10.1. The van der Waals surface area contributed by atoms with Crippen LogP contribution in [0.25, 0.3) is 0 Å². The molecule has 1 atom stereocenters. The maximum absolute atomic E-state index is 12.8. The molecule has 7 nitrogen and oxygen atoms in total. The first kappa shape index (κ1) is 22.7. The van der Waals surface area contributed by atoms with E-state index in [2.05, 4.69) is 5.32 Å². The molecule has 0 radical (unpaired) electrons. The largest absolute Gasteiger partial charge is 0.486 e. The summed E-state index contributed by atoms with van der Waals surface area (Å²) in [6.45, 7) is 3.13. The Balaban J connectivity index is 1.47. The summed E-state index contributed by atoms with van der Waals surface area (Å²) in [5, 5.41) is 2.97. The molecular weight excluding hydrogens is 440 g/mol. The average Bonchev–Trinajstić information content (AvgIpc) is 2.82. The highest BCUT2D eigenvalue weighted by atomic mass is 32.2. The van der Waals surface area contributed by atoms with E-state index in [1.807, 2.05) is 55.5 Å². The monoisotopic (exact) mass is 466 g/mol. The topological polar surface area (TPSA) is 84.9 Å². The minimum atomic E-state index is -3.50. The van der Waals surface area contributed by atoms with Crippen molar-refractivity contribution >= 4 is 21.6 Å². The molecule has 1 N–H and O–H groups in total. The van der Waals surface area contributed by atoms with Crippen molar-refractivity contribution in [3.05, 3.63) is 89.5 Å². The number of amides is 1. The minimum absolute atomic E-state index is 0.215. The Hall–Kier alpha value is -3.52. The van der Waals surface area contributed by atoms with Crippen molar-refractivity contribution in [2.45, 2.75) is 19.5 Å². The number of fused-ring (bicyclic) bond motifs is 1. The van der Waals surface area contributed by atoms with Gasteiger partial charge in [-0.15, -0.1) is 0 Å². The van der Waals surface area contributed by atoms with Gasteiger partial charge in [-0.05, 0) is 54.4 Å². The summed E-state index contributed by atoms with van der Waals surface area (Å²) in [7, 11) is -3.50. The lowest BCUT2D eigenvalue weighted by Crippen LogP contribution is -2.29. The zero-order valence-corrected chi connectivity index (χ0v) is 19.3. The van der Waals surface area contributed by atoms with Crippen molar-refractivity contribution in [2.24, 2.45) is 0 Å². The van der Waals surface area contributed by atoms with E-state index in [4.69, 9.17) is 9.47 Å². The van der Waals surface area contributed by atoms with Gasteiger partial charge in [-0.25, -0.2) is 8.42 Å². The van der Waals surface area contributed by atoms with Crippen molar-refractivity contribution < 1.29 is 22.7 Å². The number of nitrogens with zero attached hydrogens (tertiary/aromatic N) is 1. The molecular formula is C25H26N2O5S. The van der Waals surface area contributed by atoms with Gasteiger partial charge in [-0.1, -0.05) is 36.4 Å². The molecule has 0 spiro atoms. The van der Waals surface area contributed by atoms with Gasteiger partial charge in [0.2, 0.25) is 10.0 Å². The number of ether oxygens (including phenoxy) is 2. The fourth-order valence-corrected chi connectivity index (χ4v) is 4.51. The Morgan fingerprint density at radius 1 is 0.970 bits per heavy atom. The highest BCUT2D eigenvalue weighted by Gasteiger charge is 2.20. The second kappa shape index (κ2) is 9.54. The summed E-state index contributed by atoms with van der Waals surface area (Å²) in [5.41, 5.74) is 2.71. The van der Waals surface area contributed by atoms with Crippen LogP contribution in [-0.2, 0) is 16.6 Å². The second-order valence-corrected chi connectivity index (χ2v) is 9.81. The highest BCUT2D eigenvalue weighted by Crippen LogP contribution is 2.32. The summed E-state index contributed by atoms with van der Waals surface area (Å²) in [5.74, 6) is 1.12. The molecule has 0 saturated carbocycles. The predicted octanol–water partition coefficient (Wildman–Crippen LogP) is 3.92. The molecule has 172 valence electrons. The molecule has 0 saturated heterocycles. The fraction of sp³-hybridized carbons (Fsp3) is 0.240. The maximum atomic E-state index is 12.8. The Kier molecular flexibility index (Phi) is 6.55. The van der Waals surface area contributed by atoms with Crippen molar-refractivity contribution in [1.29, 1.82) is 0 Å². The first-order chi connectivity index (χ1) is 15.8. The second-order valence-electron chi connectivity index (χ2n) is 7.90. The molecule has 8 heteroatoms. The number of hydrogen-bond donors (Lipinski definition) is 1. The number of carbonyl (C=O) groups excluding carboxylic acids is 1. The molecule has 0 fully saturated rings. The summed E-state index contributed by atoms with van der Waals surface area (Å²) in [4.78, 5) is 12.8. The van der Waals surface area contributed by atoms with Crippen LogP contribution in [0.3, 0.4) is 0 Å². The van der Waals surface area contributed by atoms with Gasteiger partial charge in [0.25, 0.3) is 5.91 Å². The van der Waals surface area contributed by atoms with Gasteiger partial charge in [0, 0.05) is 5.56 Å². The first-order valence-electron chi connectivity index (χ1n) is 10.6. The smallest absolute Gasteiger partial charge is 0.251 e. The number of nitrogens with one attached hydrogen (secondary N) is 1. The molecule has 1 heterocycles. The molecule has 3 aromatic rings. The van der Waals surface area contributed by atoms with Crippen molar-refractivity contribution in [3.63, 3.8) is 0 Å². The maximum Gasteiger partial charge on any atom is 0.251 e. The van der Waals surface area contributed by atoms with Crippen LogP contribution in [0.15, 0.2) is 72.8 Å². The van der Waals surface area contributed by atoms with Crippen LogP contribution in [0, 0.1) is 0 Å². The SMILES string of the molecule is C[C@@H](NC(=O)c1ccc(N(Cc2ccccc2)S(C)(=O)=O)cc1)c1ccc2c(c1)OCCO2. The molecule has 0 aromatic heterocycles. The van der Waals surface area contributed by atoms with E-state index in [1.54, 1.807) is 24.3 Å². The van der Waals surface area contributed by atoms with Gasteiger partial charge in [0.15, 0.2) is 11.5 Å². The van der Waals surface area contributed by atoms with Crippen molar-refractivity contribution in [3.8, 4) is 11.5 Å². The molecule has 4 rings (SSSR count). The van der Waals surface area contributed by atoms with E-state index in [1.165, 1.54) is 10.6 Å². The van der Waals surface area contributed by atoms with E-state index < -0.39 is 10.0 Å². The standard InChI is InChI=1S/C25H26N2O5S/c1-18(21-10-13-23-24(16-21)32-15-14-31-23)26-25(28)20-8-11-22(12-9-20)27(33(2,29)30)17-19-6-4-3-5-7-19/h3-13,16,18H,14-15,17H2,1-2H3,(H,26,28)/t18-/m1/s1. The van der Waals surface area contributed by atoms with Crippen LogP contribution in [-0.4, -0.2) is 33.8 Å². The third-order valence-electron chi connectivity index (χ3n) is 5.40. The van der Waals surface area contributed by atoms with Crippen LogP contribution >= 0.6 is 0 Å². The molecule has 1 aliphatic heterocycles. The van der Waals surface area contributed by atoms with Crippen LogP contribution < -0.4 is 19.1 Å². The number of sulfonamides is 1. The van der Waals surface area contributed by atoms with Gasteiger partial charge in [-0.2, -0.15) is 0 Å². The van der Waals surface area contributed by atoms with Gasteiger partial charge >= 0.3 is 0 Å². The number of anilines is 1. The van der Waals surface area contributed by atoms with Gasteiger partial charge in [0.05, 0.1) is 24.5 Å². The van der Waals surface area contributed by atoms with Crippen LogP contribution in [0.4, 0.5) is 5.69 Å². The zero-order chi connectivity index (χ0) is 23.4. The lowest BCUT2D eigenvalue weighted by Gasteiger charge is -2.23. The van der Waals surface area contributed by atoms with E-state index >= 15 is 0 Å². The van der Waals surface area contributed by atoms with E-state index in [0.717, 1.165) is 11.1 Å². The Bertz CT molecular complexity index is 1230. The van der Waals surface area contributed by atoms with Gasteiger partial charge < -0.3 is 14.8 Å². The molecule has 0 aliphatic carbocycles. The molecule has 3 aromatic carbocycles. The quantitative estimate of drug-likeness (QED) is 0.571. The number of benzene rings is 3. The molecule has 33 heavy (non-hydrogen) atoms. The number of rotatable bonds is 7. The molecule has 0 unspecified atom stereocenters. The van der Waals surface area contributed by atoms with E-state index in [0.29, 0.717) is 36.0 Å². The highest BCUT2D eigenvalue weighted by molar-refractivity contribution is 7.92. The Labute approximate surface area is 194 Å². The predicted molar refractivity (Wildman–Crippen MR) is 127 cm³/mol. The normalized spacial score (nSPS) is 13.8. The third-order valence-corrected chi connectivity index (χ3v) is 6.54. The summed E-state index contributed by atoms with van der Waals surface area (Å²) in [6, 6.07) is 21.3. The molecule has 1 aliphatic rings. The Morgan fingerprint density at radius 3 is 2.30 bits per heavy atom. The van der Waals surface area contributed by atoms with Gasteiger partial charge in [0.1, 0.15) is 13.2 Å². The molecule has 1 amide bonds.